The van der Waals surface area contributed by atoms with Crippen LogP contribution in [0.2, 0.25) is 0 Å². The van der Waals surface area contributed by atoms with Gasteiger partial charge in [0.2, 0.25) is 5.88 Å². The summed E-state index contributed by atoms with van der Waals surface area (Å²) in [4.78, 5) is 23.2. The fourth-order valence-electron chi connectivity index (χ4n) is 4.01. The molecule has 0 N–H and O–H groups in total. The fourth-order valence-corrected chi connectivity index (χ4v) is 4.01. The number of nitrogens with zero attached hydrogens (tertiary/aromatic N) is 4. The minimum absolute atomic E-state index is 0.0570. The van der Waals surface area contributed by atoms with Crippen molar-refractivity contribution >= 4 is 16.9 Å². The van der Waals surface area contributed by atoms with Gasteiger partial charge in [-0.25, -0.2) is 9.97 Å². The number of pyridine rings is 1. The standard InChI is InChI=1S/C21H22N4O4/c1-27-20-8-14(6-7-22-20)21(26)24-9-18-19(10-24)29-12-15(11-28-18)25-13-23-16-4-2-3-5-17(16)25/h2-8,13,15,18-19H,9-12H2,1H3/t18-,19-/m0/s1. The number of methoxy groups -OCH3 is 1. The van der Waals surface area contributed by atoms with Crippen LogP contribution in [0.1, 0.15) is 16.4 Å². The molecule has 0 bridgehead atoms. The lowest BCUT2D eigenvalue weighted by Crippen LogP contribution is -2.31. The highest BCUT2D eigenvalue weighted by Gasteiger charge is 2.40. The zero-order chi connectivity index (χ0) is 19.8. The molecule has 0 radical (unpaired) electrons. The highest BCUT2D eigenvalue weighted by atomic mass is 16.6. The molecule has 4 heterocycles. The van der Waals surface area contributed by atoms with Gasteiger partial charge >= 0.3 is 0 Å². The molecule has 2 atom stereocenters. The minimum atomic E-state index is -0.137. The number of likely N-dealkylation sites (tertiary alicyclic amines) is 1. The first kappa shape index (κ1) is 18.1. The molecule has 0 aliphatic carbocycles. The van der Waals surface area contributed by atoms with Gasteiger partial charge in [-0.1, -0.05) is 12.1 Å². The Hall–Kier alpha value is -2.97. The first-order chi connectivity index (χ1) is 14.2. The van der Waals surface area contributed by atoms with E-state index in [0.717, 1.165) is 11.0 Å². The number of para-hydroxylation sites is 2. The molecular weight excluding hydrogens is 372 g/mol. The van der Waals surface area contributed by atoms with Gasteiger partial charge < -0.3 is 23.7 Å². The maximum atomic E-state index is 12.9. The molecule has 8 nitrogen and oxygen atoms in total. The van der Waals surface area contributed by atoms with Crippen molar-refractivity contribution in [1.29, 1.82) is 0 Å². The summed E-state index contributed by atoms with van der Waals surface area (Å²) in [5.74, 6) is 0.357. The van der Waals surface area contributed by atoms with Gasteiger partial charge in [-0.2, -0.15) is 0 Å². The average molecular weight is 394 g/mol. The summed E-state index contributed by atoms with van der Waals surface area (Å²) in [7, 11) is 1.53. The molecule has 1 aromatic carbocycles. The molecule has 29 heavy (non-hydrogen) atoms. The number of aromatic nitrogens is 3. The zero-order valence-corrected chi connectivity index (χ0v) is 16.1. The zero-order valence-electron chi connectivity index (χ0n) is 16.1. The van der Waals surface area contributed by atoms with Crippen LogP contribution in [0.3, 0.4) is 0 Å². The number of ether oxygens (including phenoxy) is 3. The summed E-state index contributed by atoms with van der Waals surface area (Å²) in [6.45, 7) is 2.05. The maximum Gasteiger partial charge on any atom is 0.254 e. The Balaban J connectivity index is 1.27. The molecule has 2 saturated heterocycles. The summed E-state index contributed by atoms with van der Waals surface area (Å²) in [5.41, 5.74) is 2.58. The first-order valence-corrected chi connectivity index (χ1v) is 9.67. The van der Waals surface area contributed by atoms with Gasteiger partial charge in [0, 0.05) is 30.9 Å². The molecule has 1 amide bonds. The highest BCUT2D eigenvalue weighted by molar-refractivity contribution is 5.94. The molecule has 2 aliphatic rings. The van der Waals surface area contributed by atoms with E-state index in [1.165, 1.54) is 7.11 Å². The third kappa shape index (κ3) is 3.34. The van der Waals surface area contributed by atoms with E-state index in [1.807, 2.05) is 24.5 Å². The largest absolute Gasteiger partial charge is 0.481 e. The Morgan fingerprint density at radius 1 is 1.10 bits per heavy atom. The van der Waals surface area contributed by atoms with Crippen molar-refractivity contribution in [3.63, 3.8) is 0 Å². The van der Waals surface area contributed by atoms with Crippen LogP contribution in [0.15, 0.2) is 48.9 Å². The molecule has 2 fully saturated rings. The summed E-state index contributed by atoms with van der Waals surface area (Å²) in [6, 6.07) is 11.4. The van der Waals surface area contributed by atoms with Crippen LogP contribution in [-0.4, -0.2) is 71.0 Å². The van der Waals surface area contributed by atoms with Crippen molar-refractivity contribution in [1.82, 2.24) is 19.4 Å². The summed E-state index contributed by atoms with van der Waals surface area (Å²) in [5, 5.41) is 0. The molecule has 3 aromatic rings. The molecule has 0 spiro atoms. The number of imidazole rings is 1. The summed E-state index contributed by atoms with van der Waals surface area (Å²) >= 11 is 0. The number of rotatable bonds is 3. The van der Waals surface area contributed by atoms with E-state index in [2.05, 4.69) is 20.6 Å². The van der Waals surface area contributed by atoms with Gasteiger partial charge in [-0.3, -0.25) is 4.79 Å². The molecule has 2 aromatic heterocycles. The van der Waals surface area contributed by atoms with Gasteiger partial charge in [0.05, 0.1) is 43.7 Å². The van der Waals surface area contributed by atoms with Crippen molar-refractivity contribution < 1.29 is 19.0 Å². The van der Waals surface area contributed by atoms with Gasteiger partial charge in [-0.05, 0) is 18.2 Å². The quantitative estimate of drug-likeness (QED) is 0.675. The van der Waals surface area contributed by atoms with Crippen LogP contribution >= 0.6 is 0 Å². The topological polar surface area (TPSA) is 78.7 Å². The normalized spacial score (nSPS) is 22.4. The smallest absolute Gasteiger partial charge is 0.254 e. The minimum Gasteiger partial charge on any atom is -0.481 e. The highest BCUT2D eigenvalue weighted by Crippen LogP contribution is 2.27. The SMILES string of the molecule is COc1cc(C(=O)N2C[C@@H]3OCC(n4cnc5ccccc54)CO[C@H]3C2)ccn1. The van der Waals surface area contributed by atoms with Crippen molar-refractivity contribution in [3.8, 4) is 5.88 Å². The van der Waals surface area contributed by atoms with Crippen molar-refractivity contribution in [2.45, 2.75) is 18.2 Å². The second-order valence-corrected chi connectivity index (χ2v) is 7.33. The number of carbonyl (C=O) groups is 1. The fraction of sp³-hybridized carbons (Fsp3) is 0.381. The molecule has 0 unspecified atom stereocenters. The van der Waals surface area contributed by atoms with E-state index in [-0.39, 0.29) is 24.2 Å². The maximum absolute atomic E-state index is 12.9. The number of hydrogen-bond donors (Lipinski definition) is 0. The van der Waals surface area contributed by atoms with Crippen molar-refractivity contribution in [2.24, 2.45) is 0 Å². The first-order valence-electron chi connectivity index (χ1n) is 9.67. The number of amides is 1. The molecule has 0 saturated carbocycles. The van der Waals surface area contributed by atoms with E-state index < -0.39 is 0 Å². The predicted molar refractivity (Wildman–Crippen MR) is 105 cm³/mol. The number of benzene rings is 1. The second-order valence-electron chi connectivity index (χ2n) is 7.33. The van der Waals surface area contributed by atoms with E-state index in [9.17, 15) is 4.79 Å². The van der Waals surface area contributed by atoms with Gasteiger partial charge in [0.15, 0.2) is 0 Å². The third-order valence-electron chi connectivity index (χ3n) is 5.57. The Morgan fingerprint density at radius 2 is 1.86 bits per heavy atom. The van der Waals surface area contributed by atoms with E-state index in [0.29, 0.717) is 37.7 Å². The van der Waals surface area contributed by atoms with Crippen LogP contribution in [0.5, 0.6) is 5.88 Å². The van der Waals surface area contributed by atoms with Gasteiger partial charge in [0.1, 0.15) is 12.2 Å². The predicted octanol–water partition coefficient (Wildman–Crippen LogP) is 1.92. The molecule has 150 valence electrons. The molecule has 2 aliphatic heterocycles. The second kappa shape index (κ2) is 7.46. The Kier molecular flexibility index (Phi) is 4.65. The lowest BCUT2D eigenvalue weighted by Gasteiger charge is -2.20. The van der Waals surface area contributed by atoms with E-state index in [4.69, 9.17) is 14.2 Å². The Morgan fingerprint density at radius 3 is 2.62 bits per heavy atom. The van der Waals surface area contributed by atoms with Crippen LogP contribution in [0.25, 0.3) is 11.0 Å². The van der Waals surface area contributed by atoms with Gasteiger partial charge in [0.25, 0.3) is 5.91 Å². The molecular formula is C21H22N4O4. The Bertz CT molecular complexity index is 1020. The van der Waals surface area contributed by atoms with E-state index in [1.54, 1.807) is 23.2 Å². The Labute approximate surface area is 168 Å². The number of hydrogen-bond acceptors (Lipinski definition) is 6. The summed E-state index contributed by atoms with van der Waals surface area (Å²) < 4.78 is 19.6. The average Bonchev–Trinajstić information content (AvgIpc) is 3.33. The van der Waals surface area contributed by atoms with Crippen LogP contribution in [0.4, 0.5) is 0 Å². The van der Waals surface area contributed by atoms with Crippen LogP contribution < -0.4 is 4.74 Å². The third-order valence-corrected chi connectivity index (χ3v) is 5.57. The van der Waals surface area contributed by atoms with Gasteiger partial charge in [-0.15, -0.1) is 0 Å². The molecule has 8 heteroatoms. The summed E-state index contributed by atoms with van der Waals surface area (Å²) in [6.07, 6.45) is 3.15. The van der Waals surface area contributed by atoms with Crippen LogP contribution in [0, 0.1) is 0 Å². The lowest BCUT2D eigenvalue weighted by atomic mass is 10.2. The number of fused-ring (bicyclic) bond motifs is 2. The van der Waals surface area contributed by atoms with Crippen LogP contribution in [-0.2, 0) is 9.47 Å². The van der Waals surface area contributed by atoms with Crippen molar-refractivity contribution in [2.75, 3.05) is 33.4 Å². The monoisotopic (exact) mass is 394 g/mol. The number of carbonyl (C=O) groups excluding carboxylic acids is 1. The van der Waals surface area contributed by atoms with E-state index >= 15 is 0 Å². The lowest BCUT2D eigenvalue weighted by molar-refractivity contribution is -0.00461. The molecule has 5 rings (SSSR count). The van der Waals surface area contributed by atoms with Crippen molar-refractivity contribution in [3.05, 3.63) is 54.5 Å².